The molecule has 3 aromatic carbocycles. The lowest BCUT2D eigenvalue weighted by atomic mass is 10.1. The van der Waals surface area contributed by atoms with Gasteiger partial charge < -0.3 is 14.7 Å². The zero-order valence-electron chi connectivity index (χ0n) is 19.1. The van der Waals surface area contributed by atoms with E-state index in [0.29, 0.717) is 46.2 Å². The maximum Gasteiger partial charge on any atom is 0.259 e. The van der Waals surface area contributed by atoms with E-state index in [1.807, 2.05) is 35.2 Å². The number of nitrogens with zero attached hydrogens (tertiary/aromatic N) is 3. The Labute approximate surface area is 202 Å². The van der Waals surface area contributed by atoms with Crippen LogP contribution in [0.5, 0.6) is 0 Å². The molecule has 0 aliphatic carbocycles. The molecule has 5 rings (SSSR count). The third-order valence-electron chi connectivity index (χ3n) is 6.55. The number of fused-ring (bicyclic) bond motifs is 2. The highest BCUT2D eigenvalue weighted by molar-refractivity contribution is 7.85. The van der Waals surface area contributed by atoms with E-state index in [0.717, 1.165) is 25.2 Å². The van der Waals surface area contributed by atoms with Crippen LogP contribution in [0.25, 0.3) is 0 Å². The van der Waals surface area contributed by atoms with E-state index in [9.17, 15) is 13.8 Å². The Morgan fingerprint density at radius 1 is 0.882 bits per heavy atom. The molecular formula is C27H27N3O3S. The van der Waals surface area contributed by atoms with E-state index in [-0.39, 0.29) is 11.8 Å². The molecule has 2 amide bonds. The number of rotatable bonds is 4. The van der Waals surface area contributed by atoms with Gasteiger partial charge in [-0.2, -0.15) is 0 Å². The Morgan fingerprint density at radius 2 is 1.59 bits per heavy atom. The topological polar surface area (TPSA) is 60.9 Å². The van der Waals surface area contributed by atoms with Gasteiger partial charge in [0, 0.05) is 31.7 Å². The number of likely N-dealkylation sites (N-methyl/N-ethyl adjacent to an activating group) is 1. The summed E-state index contributed by atoms with van der Waals surface area (Å²) in [6, 6.07) is 22.0. The van der Waals surface area contributed by atoms with Crippen LogP contribution in [-0.2, 0) is 17.3 Å². The molecule has 0 N–H and O–H groups in total. The third-order valence-corrected chi connectivity index (χ3v) is 8.05. The van der Waals surface area contributed by atoms with Gasteiger partial charge in [-0.1, -0.05) is 49.4 Å². The number of benzene rings is 3. The van der Waals surface area contributed by atoms with Gasteiger partial charge in [-0.25, -0.2) is 4.21 Å². The zero-order valence-corrected chi connectivity index (χ0v) is 20.0. The molecule has 1 atom stereocenters. The summed E-state index contributed by atoms with van der Waals surface area (Å²) >= 11 is 0. The van der Waals surface area contributed by atoms with Crippen molar-refractivity contribution in [1.82, 2.24) is 9.80 Å². The fourth-order valence-corrected chi connectivity index (χ4v) is 5.91. The van der Waals surface area contributed by atoms with Crippen molar-refractivity contribution in [1.29, 1.82) is 0 Å². The van der Waals surface area contributed by atoms with Crippen molar-refractivity contribution in [3.05, 3.63) is 89.5 Å². The highest BCUT2D eigenvalue weighted by Gasteiger charge is 2.32. The normalized spacial score (nSPS) is 18.3. The van der Waals surface area contributed by atoms with Crippen molar-refractivity contribution < 1.29 is 13.8 Å². The van der Waals surface area contributed by atoms with Gasteiger partial charge in [0.25, 0.3) is 11.8 Å². The second kappa shape index (κ2) is 9.52. The number of anilines is 1. The van der Waals surface area contributed by atoms with Crippen molar-refractivity contribution >= 4 is 28.3 Å². The van der Waals surface area contributed by atoms with Gasteiger partial charge in [-0.3, -0.25) is 9.59 Å². The van der Waals surface area contributed by atoms with E-state index < -0.39 is 10.8 Å². The molecule has 0 saturated carbocycles. The fourth-order valence-electron chi connectivity index (χ4n) is 4.57. The van der Waals surface area contributed by atoms with E-state index in [1.54, 1.807) is 47.4 Å². The third kappa shape index (κ3) is 4.17. The van der Waals surface area contributed by atoms with Gasteiger partial charge in [0.1, 0.15) is 0 Å². The number of amides is 2. The van der Waals surface area contributed by atoms with Gasteiger partial charge in [-0.05, 0) is 42.4 Å². The molecule has 2 aliphatic heterocycles. The summed E-state index contributed by atoms with van der Waals surface area (Å²) in [5.74, 6) is -0.272. The molecule has 34 heavy (non-hydrogen) atoms. The monoisotopic (exact) mass is 473 g/mol. The van der Waals surface area contributed by atoms with Crippen molar-refractivity contribution in [2.45, 2.75) is 23.3 Å². The second-order valence-corrected chi connectivity index (χ2v) is 9.97. The minimum absolute atomic E-state index is 0.0572. The molecule has 0 radical (unpaired) electrons. The molecule has 2 heterocycles. The number of hydrogen-bond acceptors (Lipinski definition) is 4. The molecule has 1 saturated heterocycles. The van der Waals surface area contributed by atoms with E-state index in [2.05, 4.69) is 11.8 Å². The SMILES string of the molecule is CCN1CCN(C(=O)c2ccc3c(c2)N(Cc2ccccc2)C(=O)c2ccccc2[S@@]3=O)CC1. The summed E-state index contributed by atoms with van der Waals surface area (Å²) in [7, 11) is -1.53. The van der Waals surface area contributed by atoms with Crippen LogP contribution in [0.3, 0.4) is 0 Å². The number of hydrogen-bond donors (Lipinski definition) is 0. The van der Waals surface area contributed by atoms with Crippen LogP contribution in [0.1, 0.15) is 33.2 Å². The molecule has 174 valence electrons. The number of piperazine rings is 1. The molecular weight excluding hydrogens is 446 g/mol. The molecule has 0 unspecified atom stereocenters. The van der Waals surface area contributed by atoms with Gasteiger partial charge in [0.05, 0.1) is 38.4 Å². The Kier molecular flexibility index (Phi) is 6.30. The molecule has 0 bridgehead atoms. The van der Waals surface area contributed by atoms with Gasteiger partial charge in [-0.15, -0.1) is 0 Å². The maximum absolute atomic E-state index is 13.7. The van der Waals surface area contributed by atoms with E-state index >= 15 is 0 Å². The summed E-state index contributed by atoms with van der Waals surface area (Å²) in [4.78, 5) is 33.9. The molecule has 6 nitrogen and oxygen atoms in total. The number of carbonyl (C=O) groups is 2. The van der Waals surface area contributed by atoms with Crippen LogP contribution >= 0.6 is 0 Å². The maximum atomic E-state index is 13.7. The smallest absolute Gasteiger partial charge is 0.259 e. The van der Waals surface area contributed by atoms with Crippen LogP contribution in [0.15, 0.2) is 82.6 Å². The molecule has 0 aromatic heterocycles. The van der Waals surface area contributed by atoms with Crippen molar-refractivity contribution in [3.63, 3.8) is 0 Å². The van der Waals surface area contributed by atoms with E-state index in [1.165, 1.54) is 0 Å². The van der Waals surface area contributed by atoms with Gasteiger partial charge >= 0.3 is 0 Å². The van der Waals surface area contributed by atoms with Crippen molar-refractivity contribution in [2.75, 3.05) is 37.6 Å². The van der Waals surface area contributed by atoms with Crippen LogP contribution in [-0.4, -0.2) is 58.5 Å². The Morgan fingerprint density at radius 3 is 2.32 bits per heavy atom. The van der Waals surface area contributed by atoms with E-state index in [4.69, 9.17) is 0 Å². The summed E-state index contributed by atoms with van der Waals surface area (Å²) in [5.41, 5.74) is 2.43. The van der Waals surface area contributed by atoms with Crippen LogP contribution in [0.2, 0.25) is 0 Å². The first-order valence-corrected chi connectivity index (χ1v) is 12.7. The molecule has 7 heteroatoms. The Balaban J connectivity index is 1.56. The predicted molar refractivity (Wildman–Crippen MR) is 133 cm³/mol. The highest BCUT2D eigenvalue weighted by atomic mass is 32.2. The first kappa shape index (κ1) is 22.5. The zero-order chi connectivity index (χ0) is 23.7. The Bertz CT molecular complexity index is 1250. The average Bonchev–Trinajstić information content (AvgIpc) is 2.98. The largest absolute Gasteiger partial charge is 0.336 e. The molecule has 3 aromatic rings. The Hall–Kier alpha value is -3.29. The lowest BCUT2D eigenvalue weighted by molar-refractivity contribution is 0.0643. The van der Waals surface area contributed by atoms with Crippen LogP contribution in [0, 0.1) is 0 Å². The standard InChI is InChI=1S/C27H27N3O3S/c1-2-28-14-16-29(17-15-28)26(31)21-12-13-25-23(18-21)30(19-20-8-4-3-5-9-20)27(32)22-10-6-7-11-24(22)34(25)33/h3-13,18H,2,14-17,19H2,1H3/t34-/m0/s1. The van der Waals surface area contributed by atoms with Crippen LogP contribution < -0.4 is 4.90 Å². The lowest BCUT2D eigenvalue weighted by Gasteiger charge is -2.34. The minimum Gasteiger partial charge on any atom is -0.336 e. The van der Waals surface area contributed by atoms with Gasteiger partial charge in [0.15, 0.2) is 0 Å². The quantitative estimate of drug-likeness (QED) is 0.579. The predicted octanol–water partition coefficient (Wildman–Crippen LogP) is 3.79. The second-order valence-electron chi connectivity index (χ2n) is 8.55. The van der Waals surface area contributed by atoms with Crippen LogP contribution in [0.4, 0.5) is 5.69 Å². The highest BCUT2D eigenvalue weighted by Crippen LogP contribution is 2.36. The first-order chi connectivity index (χ1) is 16.6. The molecule has 2 aliphatic rings. The van der Waals surface area contributed by atoms with Gasteiger partial charge in [0.2, 0.25) is 0 Å². The average molecular weight is 474 g/mol. The fraction of sp³-hybridized carbons (Fsp3) is 0.259. The summed E-state index contributed by atoms with van der Waals surface area (Å²) in [6.07, 6.45) is 0. The van der Waals surface area contributed by atoms with Crippen molar-refractivity contribution in [2.24, 2.45) is 0 Å². The molecule has 1 fully saturated rings. The van der Waals surface area contributed by atoms with Crippen molar-refractivity contribution in [3.8, 4) is 0 Å². The summed E-state index contributed by atoms with van der Waals surface area (Å²) in [6.45, 7) is 6.48. The summed E-state index contributed by atoms with van der Waals surface area (Å²) in [5, 5.41) is 0. The molecule has 0 spiro atoms. The lowest BCUT2D eigenvalue weighted by Crippen LogP contribution is -2.48. The first-order valence-electron chi connectivity index (χ1n) is 11.6. The number of carbonyl (C=O) groups excluding carboxylic acids is 2. The minimum atomic E-state index is -1.53. The summed E-state index contributed by atoms with van der Waals surface area (Å²) < 4.78 is 13.6.